The number of hydrogen-bond acceptors (Lipinski definition) is 3. The summed E-state index contributed by atoms with van der Waals surface area (Å²) < 4.78 is 0. The van der Waals surface area contributed by atoms with E-state index in [0.29, 0.717) is 22.2 Å². The quantitative estimate of drug-likeness (QED) is 0.344. The number of benzene rings is 2. The van der Waals surface area contributed by atoms with E-state index in [-0.39, 0.29) is 5.84 Å². The van der Waals surface area contributed by atoms with Crippen molar-refractivity contribution in [1.82, 2.24) is 0 Å². The zero-order chi connectivity index (χ0) is 15.4. The Kier molecular flexibility index (Phi) is 4.94. The molecule has 4 nitrogen and oxygen atoms in total. The molecule has 0 unspecified atom stereocenters. The third-order valence-corrected chi connectivity index (χ3v) is 3.78. The lowest BCUT2D eigenvalue weighted by atomic mass is 10.1. The molecular weight excluding hydrogens is 309 g/mol. The van der Waals surface area contributed by atoms with Crippen LogP contribution in [0.3, 0.4) is 0 Å². The SMILES string of the molecule is Cc1cc(Cl)c(NCc2cccc(/C(N)=N/O)c2)cc1Cl. The molecule has 2 aromatic rings. The summed E-state index contributed by atoms with van der Waals surface area (Å²) in [6.07, 6.45) is 0. The summed E-state index contributed by atoms with van der Waals surface area (Å²) in [5, 5.41) is 16.2. The van der Waals surface area contributed by atoms with Crippen molar-refractivity contribution in [2.45, 2.75) is 13.5 Å². The predicted molar refractivity (Wildman–Crippen MR) is 87.5 cm³/mol. The summed E-state index contributed by atoms with van der Waals surface area (Å²) >= 11 is 12.3. The van der Waals surface area contributed by atoms with Gasteiger partial charge in [0.15, 0.2) is 5.84 Å². The molecule has 0 amide bonds. The first-order valence-electron chi connectivity index (χ1n) is 6.27. The number of aryl methyl sites for hydroxylation is 1. The predicted octanol–water partition coefficient (Wildman–Crippen LogP) is 4.01. The Morgan fingerprint density at radius 3 is 2.71 bits per heavy atom. The minimum Gasteiger partial charge on any atom is -0.409 e. The fraction of sp³-hybridized carbons (Fsp3) is 0.133. The van der Waals surface area contributed by atoms with Crippen LogP contribution in [0.2, 0.25) is 10.0 Å². The lowest BCUT2D eigenvalue weighted by Crippen LogP contribution is -2.13. The monoisotopic (exact) mass is 323 g/mol. The van der Waals surface area contributed by atoms with Gasteiger partial charge in [-0.05, 0) is 36.2 Å². The van der Waals surface area contributed by atoms with Gasteiger partial charge in [-0.15, -0.1) is 0 Å². The molecule has 0 fully saturated rings. The first-order valence-corrected chi connectivity index (χ1v) is 7.03. The van der Waals surface area contributed by atoms with E-state index < -0.39 is 0 Å². The third kappa shape index (κ3) is 3.80. The molecule has 0 radical (unpaired) electrons. The molecule has 0 saturated heterocycles. The minimum absolute atomic E-state index is 0.0771. The van der Waals surface area contributed by atoms with Crippen molar-refractivity contribution >= 4 is 34.7 Å². The van der Waals surface area contributed by atoms with E-state index in [1.807, 2.05) is 31.2 Å². The smallest absolute Gasteiger partial charge is 0.170 e. The van der Waals surface area contributed by atoms with Crippen molar-refractivity contribution in [2.75, 3.05) is 5.32 Å². The van der Waals surface area contributed by atoms with Gasteiger partial charge in [0.05, 0.1) is 10.7 Å². The van der Waals surface area contributed by atoms with Crippen LogP contribution in [0.25, 0.3) is 0 Å². The maximum absolute atomic E-state index is 8.70. The summed E-state index contributed by atoms with van der Waals surface area (Å²) in [7, 11) is 0. The molecule has 0 spiro atoms. The zero-order valence-corrected chi connectivity index (χ0v) is 12.9. The molecule has 0 atom stereocenters. The van der Waals surface area contributed by atoms with Gasteiger partial charge in [-0.3, -0.25) is 0 Å². The highest BCUT2D eigenvalue weighted by Gasteiger charge is 2.05. The second-order valence-electron chi connectivity index (χ2n) is 4.62. The van der Waals surface area contributed by atoms with Gasteiger partial charge in [0.25, 0.3) is 0 Å². The van der Waals surface area contributed by atoms with Gasteiger partial charge in [0.1, 0.15) is 0 Å². The first kappa shape index (κ1) is 15.5. The number of nitrogens with zero attached hydrogens (tertiary/aromatic N) is 1. The van der Waals surface area contributed by atoms with Gasteiger partial charge in [-0.1, -0.05) is 46.6 Å². The third-order valence-electron chi connectivity index (χ3n) is 3.06. The molecule has 0 aliphatic carbocycles. The number of nitrogens with one attached hydrogen (secondary N) is 1. The Balaban J connectivity index is 2.15. The summed E-state index contributed by atoms with van der Waals surface area (Å²) in [6, 6.07) is 11.0. The molecule has 0 heterocycles. The maximum atomic E-state index is 8.70. The van der Waals surface area contributed by atoms with Crippen LogP contribution < -0.4 is 11.1 Å². The van der Waals surface area contributed by atoms with E-state index in [1.165, 1.54) is 0 Å². The molecule has 0 aliphatic rings. The molecule has 0 saturated carbocycles. The van der Waals surface area contributed by atoms with E-state index in [4.69, 9.17) is 34.1 Å². The second-order valence-corrected chi connectivity index (χ2v) is 5.43. The lowest BCUT2D eigenvalue weighted by molar-refractivity contribution is 0.318. The standard InChI is InChI=1S/C15H15Cl2N3O/c1-9-5-13(17)14(7-12(9)16)19-8-10-3-2-4-11(6-10)15(18)20-21/h2-7,19,21H,8H2,1H3,(H2,18,20). The van der Waals surface area contributed by atoms with Crippen LogP contribution in [-0.2, 0) is 6.54 Å². The summed E-state index contributed by atoms with van der Waals surface area (Å²) in [6.45, 7) is 2.45. The van der Waals surface area contributed by atoms with Gasteiger partial charge in [-0.2, -0.15) is 0 Å². The van der Waals surface area contributed by atoms with E-state index in [2.05, 4.69) is 10.5 Å². The Labute approximate surface area is 133 Å². The summed E-state index contributed by atoms with van der Waals surface area (Å²) in [5.41, 5.74) is 8.90. The molecule has 21 heavy (non-hydrogen) atoms. The van der Waals surface area contributed by atoms with Crippen LogP contribution in [0.5, 0.6) is 0 Å². The molecule has 4 N–H and O–H groups in total. The molecule has 2 aromatic carbocycles. The van der Waals surface area contributed by atoms with Crippen LogP contribution in [0, 0.1) is 6.92 Å². The van der Waals surface area contributed by atoms with Gasteiger partial charge < -0.3 is 16.3 Å². The van der Waals surface area contributed by atoms with Crippen LogP contribution in [0.4, 0.5) is 5.69 Å². The fourth-order valence-electron chi connectivity index (χ4n) is 1.88. The molecular formula is C15H15Cl2N3O. The Morgan fingerprint density at radius 2 is 2.00 bits per heavy atom. The van der Waals surface area contributed by atoms with Crippen molar-refractivity contribution < 1.29 is 5.21 Å². The fourth-order valence-corrected chi connectivity index (χ4v) is 2.33. The molecule has 0 bridgehead atoms. The zero-order valence-electron chi connectivity index (χ0n) is 11.4. The highest BCUT2D eigenvalue weighted by atomic mass is 35.5. The normalized spacial score (nSPS) is 11.5. The Hall–Kier alpha value is -1.91. The topological polar surface area (TPSA) is 70.6 Å². The lowest BCUT2D eigenvalue weighted by Gasteiger charge is -2.11. The van der Waals surface area contributed by atoms with Crippen molar-refractivity contribution in [3.63, 3.8) is 0 Å². The van der Waals surface area contributed by atoms with Crippen molar-refractivity contribution in [2.24, 2.45) is 10.9 Å². The van der Waals surface area contributed by atoms with E-state index in [1.54, 1.807) is 12.1 Å². The average Bonchev–Trinajstić information content (AvgIpc) is 2.49. The minimum atomic E-state index is 0.0771. The van der Waals surface area contributed by atoms with Gasteiger partial charge >= 0.3 is 0 Å². The highest BCUT2D eigenvalue weighted by molar-refractivity contribution is 6.35. The molecule has 0 aromatic heterocycles. The van der Waals surface area contributed by atoms with Crippen molar-refractivity contribution in [3.05, 3.63) is 63.1 Å². The molecule has 2 rings (SSSR count). The Morgan fingerprint density at radius 1 is 1.24 bits per heavy atom. The molecule has 0 aliphatic heterocycles. The first-order chi connectivity index (χ1) is 10.0. The van der Waals surface area contributed by atoms with Crippen LogP contribution in [0.1, 0.15) is 16.7 Å². The van der Waals surface area contributed by atoms with Crippen LogP contribution in [0.15, 0.2) is 41.6 Å². The molecule has 6 heteroatoms. The largest absolute Gasteiger partial charge is 0.409 e. The highest BCUT2D eigenvalue weighted by Crippen LogP contribution is 2.29. The van der Waals surface area contributed by atoms with Gasteiger partial charge in [-0.25, -0.2) is 0 Å². The molecule has 110 valence electrons. The number of nitrogens with two attached hydrogens (primary N) is 1. The van der Waals surface area contributed by atoms with Gasteiger partial charge in [0, 0.05) is 17.1 Å². The van der Waals surface area contributed by atoms with E-state index >= 15 is 0 Å². The number of hydrogen-bond donors (Lipinski definition) is 3. The Bertz CT molecular complexity index is 687. The van der Waals surface area contributed by atoms with Gasteiger partial charge in [0.2, 0.25) is 0 Å². The second kappa shape index (κ2) is 6.70. The number of oxime groups is 1. The number of anilines is 1. The van der Waals surface area contributed by atoms with E-state index in [9.17, 15) is 0 Å². The maximum Gasteiger partial charge on any atom is 0.170 e. The van der Waals surface area contributed by atoms with Crippen molar-refractivity contribution in [3.8, 4) is 0 Å². The number of amidine groups is 1. The summed E-state index contributed by atoms with van der Waals surface area (Å²) in [5.74, 6) is 0.0771. The number of halogens is 2. The number of rotatable bonds is 4. The van der Waals surface area contributed by atoms with E-state index in [0.717, 1.165) is 16.8 Å². The average molecular weight is 324 g/mol. The van der Waals surface area contributed by atoms with Crippen LogP contribution >= 0.6 is 23.2 Å². The van der Waals surface area contributed by atoms with Crippen LogP contribution in [-0.4, -0.2) is 11.0 Å². The summed E-state index contributed by atoms with van der Waals surface area (Å²) in [4.78, 5) is 0. The van der Waals surface area contributed by atoms with Crippen molar-refractivity contribution in [1.29, 1.82) is 0 Å².